The lowest BCUT2D eigenvalue weighted by Gasteiger charge is -2.09. The molecule has 0 bridgehead atoms. The largest absolute Gasteiger partial charge is 0.385 e. The van der Waals surface area contributed by atoms with Gasteiger partial charge in [0, 0.05) is 48.3 Å². The molecule has 5 heteroatoms. The summed E-state index contributed by atoms with van der Waals surface area (Å²) in [6, 6.07) is 0. The fourth-order valence-electron chi connectivity index (χ4n) is 1.31. The van der Waals surface area contributed by atoms with Crippen molar-refractivity contribution in [2.75, 3.05) is 54.9 Å². The van der Waals surface area contributed by atoms with Gasteiger partial charge in [-0.1, -0.05) is 109 Å². The zero-order valence-corrected chi connectivity index (χ0v) is 19.7. The summed E-state index contributed by atoms with van der Waals surface area (Å²) in [5, 5.41) is 0. The number of hydrogen-bond acceptors (Lipinski definition) is 5. The van der Waals surface area contributed by atoms with Gasteiger partial charge >= 0.3 is 0 Å². The van der Waals surface area contributed by atoms with Crippen LogP contribution < -0.4 is 0 Å². The SMILES string of the molecule is C.C.C.C.C.C.C.C.C.C.CCC(C)OC.CCCOC.CCCOC(C)COC.COCC(C)C. The molecule has 0 heterocycles. The molecule has 0 amide bonds. The van der Waals surface area contributed by atoms with E-state index in [1.165, 1.54) is 0 Å². The third kappa shape index (κ3) is 146. The van der Waals surface area contributed by atoms with Crippen molar-refractivity contribution in [3.05, 3.63) is 0 Å². The van der Waals surface area contributed by atoms with Crippen LogP contribution in [0.15, 0.2) is 0 Å². The van der Waals surface area contributed by atoms with E-state index in [0.717, 1.165) is 39.1 Å². The van der Waals surface area contributed by atoms with Crippen molar-refractivity contribution >= 4 is 0 Å². The van der Waals surface area contributed by atoms with Gasteiger partial charge in [0.15, 0.2) is 0 Å². The lowest BCUT2D eigenvalue weighted by atomic mass is 10.2. The quantitative estimate of drug-likeness (QED) is 0.260. The van der Waals surface area contributed by atoms with Gasteiger partial charge in [-0.15, -0.1) is 0 Å². The average molecular weight is 543 g/mol. The summed E-state index contributed by atoms with van der Waals surface area (Å²) in [7, 11) is 6.85. The summed E-state index contributed by atoms with van der Waals surface area (Å²) in [6.07, 6.45) is 3.99. The maximum absolute atomic E-state index is 5.31. The van der Waals surface area contributed by atoms with Crippen LogP contribution in [-0.4, -0.2) is 67.1 Å². The molecule has 2 atom stereocenters. The van der Waals surface area contributed by atoms with Gasteiger partial charge < -0.3 is 23.7 Å². The number of hydrogen-bond donors (Lipinski definition) is 0. The molecule has 2 unspecified atom stereocenters. The van der Waals surface area contributed by atoms with Crippen molar-refractivity contribution in [3.63, 3.8) is 0 Å². The first-order valence-corrected chi connectivity index (χ1v) is 9.91. The van der Waals surface area contributed by atoms with Crippen LogP contribution in [0, 0.1) is 5.92 Å². The lowest BCUT2D eigenvalue weighted by molar-refractivity contribution is 0.00956. The first kappa shape index (κ1) is 91.2. The molecule has 0 N–H and O–H groups in total. The average Bonchev–Trinajstić information content (AvgIpc) is 2.61. The Morgan fingerprint density at radius 2 is 0.833 bits per heavy atom. The Bertz CT molecular complexity index is 197. The fraction of sp³-hybridized carbons (Fsp3) is 1.00. The van der Waals surface area contributed by atoms with Gasteiger partial charge in [-0.3, -0.25) is 0 Å². The van der Waals surface area contributed by atoms with Crippen LogP contribution in [-0.2, 0) is 23.7 Å². The van der Waals surface area contributed by atoms with Crippen molar-refractivity contribution < 1.29 is 23.7 Å². The fourth-order valence-corrected chi connectivity index (χ4v) is 1.31. The summed E-state index contributed by atoms with van der Waals surface area (Å²) in [6.45, 7) is 17.9. The molecule has 0 radical (unpaired) electrons. The van der Waals surface area contributed by atoms with Crippen LogP contribution >= 0.6 is 0 Å². The molecule has 0 aliphatic heterocycles. The normalized spacial score (nSPS) is 8.67. The third-order valence-corrected chi connectivity index (χ3v) is 2.89. The Kier molecular flexibility index (Phi) is 233. The molecule has 0 aliphatic rings. The molecular weight excluding hydrogens is 452 g/mol. The predicted molar refractivity (Wildman–Crippen MR) is 181 cm³/mol. The van der Waals surface area contributed by atoms with E-state index in [4.69, 9.17) is 23.7 Å². The molecule has 0 fully saturated rings. The minimum atomic E-state index is 0. The summed E-state index contributed by atoms with van der Waals surface area (Å²) in [4.78, 5) is 0. The van der Waals surface area contributed by atoms with E-state index < -0.39 is 0 Å². The topological polar surface area (TPSA) is 46.2 Å². The summed E-state index contributed by atoms with van der Waals surface area (Å²) in [5.41, 5.74) is 0. The third-order valence-electron chi connectivity index (χ3n) is 2.89. The summed E-state index contributed by atoms with van der Waals surface area (Å²) >= 11 is 0. The van der Waals surface area contributed by atoms with Crippen LogP contribution in [0.4, 0.5) is 0 Å². The minimum Gasteiger partial charge on any atom is -0.385 e. The van der Waals surface area contributed by atoms with Gasteiger partial charge in [-0.2, -0.15) is 0 Å². The van der Waals surface area contributed by atoms with Gasteiger partial charge in [0.05, 0.1) is 18.8 Å². The Morgan fingerprint density at radius 3 is 0.944 bits per heavy atom. The molecule has 0 aromatic carbocycles. The molecule has 36 heavy (non-hydrogen) atoms. The van der Waals surface area contributed by atoms with E-state index in [-0.39, 0.29) is 80.4 Å². The monoisotopic (exact) mass is 543 g/mol. The van der Waals surface area contributed by atoms with E-state index in [1.807, 2.05) is 6.92 Å². The van der Waals surface area contributed by atoms with Crippen LogP contribution in [0.1, 0.15) is 142 Å². The predicted octanol–water partition coefficient (Wildman–Crippen LogP) is 11.6. The zero-order chi connectivity index (χ0) is 21.2. The van der Waals surface area contributed by atoms with Gasteiger partial charge in [-0.05, 0) is 39.0 Å². The highest BCUT2D eigenvalue weighted by atomic mass is 16.5. The first-order chi connectivity index (χ1) is 12.3. The number of methoxy groups -OCH3 is 4. The van der Waals surface area contributed by atoms with E-state index in [1.54, 1.807) is 28.4 Å². The molecule has 5 nitrogen and oxygen atoms in total. The second-order valence-corrected chi connectivity index (χ2v) is 6.43. The molecular formula is C31H90O5. The zero-order valence-electron chi connectivity index (χ0n) is 19.7. The highest BCUT2D eigenvalue weighted by Gasteiger charge is 1.97. The Morgan fingerprint density at radius 1 is 0.472 bits per heavy atom. The van der Waals surface area contributed by atoms with Crippen molar-refractivity contribution in [2.24, 2.45) is 5.92 Å². The highest BCUT2D eigenvalue weighted by Crippen LogP contribution is 1.91. The van der Waals surface area contributed by atoms with Crippen molar-refractivity contribution in [1.29, 1.82) is 0 Å². The molecule has 0 aliphatic carbocycles. The molecule has 0 saturated carbocycles. The van der Waals surface area contributed by atoms with Gasteiger partial charge in [0.1, 0.15) is 0 Å². The smallest absolute Gasteiger partial charge is 0.0780 e. The summed E-state index contributed by atoms with van der Waals surface area (Å²) < 4.78 is 24.6. The molecule has 0 saturated heterocycles. The minimum absolute atomic E-state index is 0. The van der Waals surface area contributed by atoms with Crippen molar-refractivity contribution in [3.8, 4) is 0 Å². The van der Waals surface area contributed by atoms with Crippen molar-refractivity contribution in [2.45, 2.75) is 154 Å². The van der Waals surface area contributed by atoms with Crippen molar-refractivity contribution in [1.82, 2.24) is 0 Å². The van der Waals surface area contributed by atoms with E-state index in [9.17, 15) is 0 Å². The molecule has 0 aromatic rings. The highest BCUT2D eigenvalue weighted by molar-refractivity contribution is 4.44. The maximum Gasteiger partial charge on any atom is 0.0780 e. The summed E-state index contributed by atoms with van der Waals surface area (Å²) in [5.74, 6) is 0.676. The number of ether oxygens (including phenoxy) is 5. The second-order valence-electron chi connectivity index (χ2n) is 6.43. The number of rotatable bonds is 11. The standard InChI is InChI=1S/C7H16O2.2C5H12O.C4H10O.10CH4/c1-4-5-9-7(2)6-8-3;1-5(2)4-6-3;1-4-5(2)6-3;1-3-4-5-2;;;;;;;;;;/h7H,4-6H2,1-3H3;2*5H,4H2,1-3H3;3-4H2,1-2H3;10*1H4. The van der Waals surface area contributed by atoms with Crippen LogP contribution in [0.25, 0.3) is 0 Å². The second kappa shape index (κ2) is 91.9. The van der Waals surface area contributed by atoms with Crippen LogP contribution in [0.5, 0.6) is 0 Å². The lowest BCUT2D eigenvalue weighted by Crippen LogP contribution is -2.14. The van der Waals surface area contributed by atoms with Gasteiger partial charge in [-0.25, -0.2) is 0 Å². The van der Waals surface area contributed by atoms with E-state index in [0.29, 0.717) is 18.6 Å². The first-order valence-electron chi connectivity index (χ1n) is 9.91. The molecule has 0 rings (SSSR count). The van der Waals surface area contributed by atoms with Crippen LogP contribution in [0.3, 0.4) is 0 Å². The van der Waals surface area contributed by atoms with E-state index in [2.05, 4.69) is 41.5 Å². The molecule has 244 valence electrons. The van der Waals surface area contributed by atoms with Gasteiger partial charge in [0.25, 0.3) is 0 Å². The Labute approximate surface area is 238 Å². The maximum atomic E-state index is 5.31. The van der Waals surface area contributed by atoms with Gasteiger partial charge in [0.2, 0.25) is 0 Å². The Balaban J connectivity index is -0.0000000139. The van der Waals surface area contributed by atoms with E-state index >= 15 is 0 Å². The molecule has 0 aromatic heterocycles. The Hall–Kier alpha value is -0.200. The molecule has 0 spiro atoms. The van der Waals surface area contributed by atoms with Crippen LogP contribution in [0.2, 0.25) is 0 Å².